The van der Waals surface area contributed by atoms with E-state index in [1.165, 1.54) is 24.0 Å². The fourth-order valence-corrected chi connectivity index (χ4v) is 4.09. The SMILES string of the molecule is CN1CCC2(C)CC1C(C)(C)c1ccc(O)cc12. The van der Waals surface area contributed by atoms with Crippen molar-refractivity contribution in [2.45, 2.75) is 50.5 Å². The van der Waals surface area contributed by atoms with Gasteiger partial charge in [0.25, 0.3) is 0 Å². The second-order valence-corrected chi connectivity index (χ2v) is 6.96. The highest BCUT2D eigenvalue weighted by atomic mass is 16.3. The number of rotatable bonds is 0. The number of hydrogen-bond donors (Lipinski definition) is 1. The summed E-state index contributed by atoms with van der Waals surface area (Å²) in [7, 11) is 2.25. The molecule has 0 radical (unpaired) electrons. The minimum atomic E-state index is 0.164. The minimum Gasteiger partial charge on any atom is -0.508 e. The predicted octanol–water partition coefficient (Wildman–Crippen LogP) is 3.04. The highest BCUT2D eigenvalue weighted by Gasteiger charge is 2.50. The number of fused-ring (bicyclic) bond motifs is 4. The van der Waals surface area contributed by atoms with E-state index in [9.17, 15) is 5.11 Å². The molecule has 98 valence electrons. The molecule has 2 aliphatic rings. The second kappa shape index (κ2) is 3.51. The third-order valence-corrected chi connectivity index (χ3v) is 5.37. The Bertz CT molecular complexity index is 494. The number of nitrogens with zero attached hydrogens (tertiary/aromatic N) is 1. The number of piperidine rings is 1. The summed E-state index contributed by atoms with van der Waals surface area (Å²) in [5, 5.41) is 9.81. The standard InChI is InChI=1S/C16H23NO/c1-15(2)12-6-5-11(18)9-13(12)16(3)7-8-17(4)14(15)10-16/h5-6,9,14,18H,7-8,10H2,1-4H3. The van der Waals surface area contributed by atoms with Crippen molar-refractivity contribution in [2.24, 2.45) is 0 Å². The van der Waals surface area contributed by atoms with E-state index in [-0.39, 0.29) is 10.8 Å². The van der Waals surface area contributed by atoms with Crippen molar-refractivity contribution in [2.75, 3.05) is 13.6 Å². The molecular weight excluding hydrogens is 222 g/mol. The maximum Gasteiger partial charge on any atom is 0.115 e. The van der Waals surface area contributed by atoms with Gasteiger partial charge in [0.2, 0.25) is 0 Å². The molecule has 0 spiro atoms. The zero-order valence-corrected chi connectivity index (χ0v) is 11.8. The first-order valence-electron chi connectivity index (χ1n) is 6.89. The summed E-state index contributed by atoms with van der Waals surface area (Å²) in [5.74, 6) is 0.406. The number of likely N-dealkylation sites (N-methyl/N-ethyl adjacent to an activating group) is 1. The van der Waals surface area contributed by atoms with Gasteiger partial charge < -0.3 is 10.0 Å². The van der Waals surface area contributed by atoms with E-state index in [1.54, 1.807) is 0 Å². The monoisotopic (exact) mass is 245 g/mol. The summed E-state index contributed by atoms with van der Waals surface area (Å²) in [6, 6.07) is 6.57. The summed E-state index contributed by atoms with van der Waals surface area (Å²) in [5.41, 5.74) is 3.20. The van der Waals surface area contributed by atoms with Crippen molar-refractivity contribution >= 4 is 0 Å². The van der Waals surface area contributed by atoms with Gasteiger partial charge in [-0.3, -0.25) is 0 Å². The molecule has 2 heteroatoms. The third-order valence-electron chi connectivity index (χ3n) is 5.37. The van der Waals surface area contributed by atoms with Crippen molar-refractivity contribution in [1.29, 1.82) is 0 Å². The number of likely N-dealkylation sites (tertiary alicyclic amines) is 1. The quantitative estimate of drug-likeness (QED) is 0.759. The van der Waals surface area contributed by atoms with Gasteiger partial charge in [-0.1, -0.05) is 26.8 Å². The highest BCUT2D eigenvalue weighted by Crippen LogP contribution is 2.52. The van der Waals surface area contributed by atoms with Crippen LogP contribution in [0.3, 0.4) is 0 Å². The Morgan fingerprint density at radius 3 is 2.67 bits per heavy atom. The first-order valence-corrected chi connectivity index (χ1v) is 6.89. The molecule has 1 aromatic carbocycles. The van der Waals surface area contributed by atoms with E-state index in [0.29, 0.717) is 11.8 Å². The second-order valence-electron chi connectivity index (χ2n) is 6.96. The molecule has 0 saturated carbocycles. The van der Waals surface area contributed by atoms with Gasteiger partial charge in [-0.25, -0.2) is 0 Å². The molecule has 2 unspecified atom stereocenters. The molecule has 2 nitrogen and oxygen atoms in total. The third kappa shape index (κ3) is 1.45. The summed E-state index contributed by atoms with van der Waals surface area (Å²) < 4.78 is 0. The molecule has 2 atom stereocenters. The Balaban J connectivity index is 2.24. The van der Waals surface area contributed by atoms with Gasteiger partial charge in [-0.2, -0.15) is 0 Å². The van der Waals surface area contributed by atoms with Gasteiger partial charge >= 0.3 is 0 Å². The zero-order valence-electron chi connectivity index (χ0n) is 11.8. The molecule has 1 saturated heterocycles. The molecule has 1 aliphatic heterocycles. The number of benzene rings is 1. The summed E-state index contributed by atoms with van der Waals surface area (Å²) in [4.78, 5) is 2.51. The van der Waals surface area contributed by atoms with Gasteiger partial charge in [-0.15, -0.1) is 0 Å². The molecular formula is C16H23NO. The van der Waals surface area contributed by atoms with Crippen molar-refractivity contribution in [1.82, 2.24) is 4.90 Å². The van der Waals surface area contributed by atoms with Crippen LogP contribution in [-0.4, -0.2) is 29.6 Å². The van der Waals surface area contributed by atoms with Crippen LogP contribution in [0.2, 0.25) is 0 Å². The van der Waals surface area contributed by atoms with Crippen molar-refractivity contribution in [3.63, 3.8) is 0 Å². The summed E-state index contributed by atoms with van der Waals surface area (Å²) in [6.45, 7) is 8.20. The molecule has 1 fully saturated rings. The lowest BCUT2D eigenvalue weighted by Gasteiger charge is -2.56. The fourth-order valence-electron chi connectivity index (χ4n) is 4.09. The van der Waals surface area contributed by atoms with Crippen LogP contribution in [0.1, 0.15) is 44.7 Å². The molecule has 0 amide bonds. The van der Waals surface area contributed by atoms with Crippen LogP contribution >= 0.6 is 0 Å². The molecule has 1 aliphatic carbocycles. The Morgan fingerprint density at radius 1 is 1.22 bits per heavy atom. The van der Waals surface area contributed by atoms with Crippen molar-refractivity contribution < 1.29 is 5.11 Å². The topological polar surface area (TPSA) is 23.5 Å². The Hall–Kier alpha value is -1.02. The zero-order chi connectivity index (χ0) is 13.1. The molecule has 1 N–H and O–H groups in total. The van der Waals surface area contributed by atoms with Gasteiger partial charge in [0.15, 0.2) is 0 Å². The van der Waals surface area contributed by atoms with Crippen molar-refractivity contribution in [3.8, 4) is 5.75 Å². The first-order chi connectivity index (χ1) is 8.34. The van der Waals surface area contributed by atoms with Crippen molar-refractivity contribution in [3.05, 3.63) is 29.3 Å². The lowest BCUT2D eigenvalue weighted by molar-refractivity contribution is 0.0596. The average molecular weight is 245 g/mol. The lowest BCUT2D eigenvalue weighted by Crippen LogP contribution is -2.58. The van der Waals surface area contributed by atoms with Gasteiger partial charge in [0.05, 0.1) is 0 Å². The molecule has 1 aromatic rings. The number of phenols is 1. The minimum absolute atomic E-state index is 0.164. The molecule has 1 heterocycles. The fraction of sp³-hybridized carbons (Fsp3) is 0.625. The predicted molar refractivity (Wildman–Crippen MR) is 74.1 cm³/mol. The Morgan fingerprint density at radius 2 is 1.94 bits per heavy atom. The van der Waals surface area contributed by atoms with Crippen LogP contribution in [-0.2, 0) is 10.8 Å². The van der Waals surface area contributed by atoms with E-state index in [0.717, 1.165) is 6.54 Å². The van der Waals surface area contributed by atoms with Crippen LogP contribution in [0.25, 0.3) is 0 Å². The van der Waals surface area contributed by atoms with Gasteiger partial charge in [0.1, 0.15) is 5.75 Å². The molecule has 18 heavy (non-hydrogen) atoms. The van der Waals surface area contributed by atoms with Gasteiger partial charge in [0, 0.05) is 11.5 Å². The van der Waals surface area contributed by atoms with E-state index < -0.39 is 0 Å². The Kier molecular flexibility index (Phi) is 2.34. The molecule has 0 aromatic heterocycles. The smallest absolute Gasteiger partial charge is 0.115 e. The van der Waals surface area contributed by atoms with Crippen LogP contribution in [0, 0.1) is 0 Å². The number of aromatic hydroxyl groups is 1. The summed E-state index contributed by atoms with van der Waals surface area (Å²) >= 11 is 0. The highest BCUT2D eigenvalue weighted by molar-refractivity contribution is 5.47. The van der Waals surface area contributed by atoms with E-state index in [1.807, 2.05) is 12.1 Å². The van der Waals surface area contributed by atoms with Crippen LogP contribution in [0.5, 0.6) is 5.75 Å². The van der Waals surface area contributed by atoms with E-state index in [4.69, 9.17) is 0 Å². The normalized spacial score (nSPS) is 34.1. The maximum absolute atomic E-state index is 9.81. The largest absolute Gasteiger partial charge is 0.508 e. The molecule has 3 rings (SSSR count). The molecule has 2 bridgehead atoms. The van der Waals surface area contributed by atoms with Crippen LogP contribution in [0.15, 0.2) is 18.2 Å². The average Bonchev–Trinajstić information content (AvgIpc) is 2.31. The number of phenolic OH excluding ortho intramolecular Hbond substituents is 1. The van der Waals surface area contributed by atoms with E-state index >= 15 is 0 Å². The van der Waals surface area contributed by atoms with Crippen LogP contribution in [0.4, 0.5) is 0 Å². The van der Waals surface area contributed by atoms with Gasteiger partial charge in [-0.05, 0) is 55.1 Å². The lowest BCUT2D eigenvalue weighted by atomic mass is 9.56. The first kappa shape index (κ1) is 12.0. The number of hydrogen-bond acceptors (Lipinski definition) is 2. The summed E-state index contributed by atoms with van der Waals surface area (Å²) in [6.07, 6.45) is 2.39. The van der Waals surface area contributed by atoms with E-state index in [2.05, 4.69) is 38.8 Å². The Labute approximate surface area is 110 Å². The maximum atomic E-state index is 9.81. The van der Waals surface area contributed by atoms with Crippen LogP contribution < -0.4 is 0 Å².